The Morgan fingerprint density at radius 3 is 2.40 bits per heavy atom. The molecule has 0 spiro atoms. The molecule has 1 saturated heterocycles. The van der Waals surface area contributed by atoms with E-state index < -0.39 is 17.2 Å². The van der Waals surface area contributed by atoms with Crippen LogP contribution >= 0.6 is 24.8 Å². The van der Waals surface area contributed by atoms with Gasteiger partial charge in [-0.1, -0.05) is 24.3 Å². The lowest BCUT2D eigenvalue weighted by atomic mass is 9.87. The molecule has 0 saturated carbocycles. The number of nitrogens with one attached hydrogen (secondary N) is 1. The first-order chi connectivity index (χ1) is 13.5. The van der Waals surface area contributed by atoms with Gasteiger partial charge in [-0.05, 0) is 41.7 Å². The van der Waals surface area contributed by atoms with Crippen LogP contribution in [0.15, 0.2) is 42.5 Å². The summed E-state index contributed by atoms with van der Waals surface area (Å²) < 4.78 is 27.2. The van der Waals surface area contributed by atoms with Gasteiger partial charge in [0.25, 0.3) is 0 Å². The summed E-state index contributed by atoms with van der Waals surface area (Å²) in [7, 11) is 1.72. The molecule has 1 unspecified atom stereocenters. The van der Waals surface area contributed by atoms with E-state index in [-0.39, 0.29) is 37.3 Å². The number of hydrogen-bond acceptors (Lipinski definition) is 3. The Hall–Kier alpha value is -1.73. The van der Waals surface area contributed by atoms with Gasteiger partial charge in [-0.15, -0.1) is 24.8 Å². The van der Waals surface area contributed by atoms with Crippen molar-refractivity contribution >= 4 is 30.7 Å². The van der Waals surface area contributed by atoms with Crippen molar-refractivity contribution in [3.05, 3.63) is 70.8 Å². The molecule has 0 bridgehead atoms. The van der Waals surface area contributed by atoms with E-state index in [4.69, 9.17) is 0 Å². The molecule has 2 aliphatic rings. The molecular formula is C22H27Cl2F2N3O. The van der Waals surface area contributed by atoms with Gasteiger partial charge in [0.15, 0.2) is 0 Å². The van der Waals surface area contributed by atoms with Crippen molar-refractivity contribution in [2.24, 2.45) is 0 Å². The zero-order chi connectivity index (χ0) is 19.7. The Balaban J connectivity index is 0.00000160. The van der Waals surface area contributed by atoms with Gasteiger partial charge in [0.05, 0.1) is 0 Å². The van der Waals surface area contributed by atoms with E-state index in [0.29, 0.717) is 5.56 Å². The van der Waals surface area contributed by atoms with Crippen LogP contribution in [0, 0.1) is 11.6 Å². The van der Waals surface area contributed by atoms with E-state index in [1.165, 1.54) is 17.7 Å². The lowest BCUT2D eigenvalue weighted by molar-refractivity contribution is -0.145. The maximum absolute atomic E-state index is 13.8. The van der Waals surface area contributed by atoms with Crippen molar-refractivity contribution in [1.82, 2.24) is 15.1 Å². The summed E-state index contributed by atoms with van der Waals surface area (Å²) in [6.07, 6.45) is 1.58. The number of halogens is 4. The Kier molecular flexibility index (Phi) is 8.22. The fourth-order valence-electron chi connectivity index (χ4n) is 4.69. The van der Waals surface area contributed by atoms with Crippen molar-refractivity contribution in [3.63, 3.8) is 0 Å². The second-order valence-electron chi connectivity index (χ2n) is 7.69. The highest BCUT2D eigenvalue weighted by Gasteiger charge is 2.50. The minimum Gasteiger partial charge on any atom is -0.340 e. The second-order valence-corrected chi connectivity index (χ2v) is 7.69. The summed E-state index contributed by atoms with van der Waals surface area (Å²) in [4.78, 5) is 17.7. The molecule has 0 aromatic heterocycles. The number of fused-ring (bicyclic) bond motifs is 1. The molecular weight excluding hydrogens is 431 g/mol. The topological polar surface area (TPSA) is 35.6 Å². The largest absolute Gasteiger partial charge is 0.340 e. The average Bonchev–Trinajstić information content (AvgIpc) is 3.08. The highest BCUT2D eigenvalue weighted by Crippen LogP contribution is 2.43. The van der Waals surface area contributed by atoms with E-state index in [0.717, 1.165) is 50.7 Å². The van der Waals surface area contributed by atoms with E-state index >= 15 is 0 Å². The summed E-state index contributed by atoms with van der Waals surface area (Å²) in [5.41, 5.74) is 2.02. The molecule has 164 valence electrons. The van der Waals surface area contributed by atoms with Crippen molar-refractivity contribution in [3.8, 4) is 0 Å². The smallest absolute Gasteiger partial charge is 0.247 e. The normalized spacial score (nSPS) is 20.6. The molecule has 1 amide bonds. The van der Waals surface area contributed by atoms with Crippen LogP contribution in [0.3, 0.4) is 0 Å². The summed E-state index contributed by atoms with van der Waals surface area (Å²) in [6.45, 7) is 3.45. The standard InChI is InChI=1S/C22H25F2N3O.2ClH/c1-26(15-16-12-18(23)14-19(24)13-16)21(28)22(27-10-8-25-9-11-27)7-6-17-4-2-3-5-20(17)22;;/h2-5,12-14,25H,6-11,15H2,1H3;2*1H. The van der Waals surface area contributed by atoms with E-state index in [9.17, 15) is 13.6 Å². The Morgan fingerprint density at radius 2 is 1.73 bits per heavy atom. The van der Waals surface area contributed by atoms with Crippen LogP contribution in [-0.2, 0) is 23.3 Å². The lowest BCUT2D eigenvalue weighted by Gasteiger charge is -2.44. The molecule has 1 fully saturated rings. The quantitative estimate of drug-likeness (QED) is 0.762. The number of rotatable bonds is 4. The van der Waals surface area contributed by atoms with Gasteiger partial charge in [-0.2, -0.15) is 0 Å². The zero-order valence-electron chi connectivity index (χ0n) is 16.9. The molecule has 1 aliphatic carbocycles. The molecule has 1 heterocycles. The van der Waals surface area contributed by atoms with Crippen LogP contribution in [0.25, 0.3) is 0 Å². The monoisotopic (exact) mass is 457 g/mol. The van der Waals surface area contributed by atoms with Gasteiger partial charge >= 0.3 is 0 Å². The second kappa shape index (κ2) is 10.1. The first-order valence-electron chi connectivity index (χ1n) is 9.75. The molecule has 1 aliphatic heterocycles. The molecule has 8 heteroatoms. The number of hydrogen-bond donors (Lipinski definition) is 1. The van der Waals surface area contributed by atoms with Gasteiger partial charge in [-0.3, -0.25) is 9.69 Å². The predicted octanol–water partition coefficient (Wildman–Crippen LogP) is 3.51. The first kappa shape index (κ1) is 24.5. The third-order valence-electron chi connectivity index (χ3n) is 5.92. The Morgan fingerprint density at radius 1 is 1.10 bits per heavy atom. The van der Waals surface area contributed by atoms with Gasteiger partial charge in [0.1, 0.15) is 17.2 Å². The molecule has 2 aromatic rings. The maximum atomic E-state index is 13.8. The molecule has 1 N–H and O–H groups in total. The summed E-state index contributed by atoms with van der Waals surface area (Å²) in [6, 6.07) is 11.6. The molecule has 0 radical (unpaired) electrons. The Labute approximate surface area is 188 Å². The summed E-state index contributed by atoms with van der Waals surface area (Å²) >= 11 is 0. The number of piperazine rings is 1. The van der Waals surface area contributed by atoms with Gasteiger partial charge in [0, 0.05) is 45.8 Å². The Bertz CT molecular complexity index is 872. The van der Waals surface area contributed by atoms with E-state index in [2.05, 4.69) is 22.3 Å². The number of nitrogens with zero attached hydrogens (tertiary/aromatic N) is 2. The van der Waals surface area contributed by atoms with Gasteiger partial charge < -0.3 is 10.2 Å². The van der Waals surface area contributed by atoms with Crippen LogP contribution in [-0.4, -0.2) is 48.9 Å². The summed E-state index contributed by atoms with van der Waals surface area (Å²) in [5, 5.41) is 3.35. The van der Waals surface area contributed by atoms with Gasteiger partial charge in [0.2, 0.25) is 5.91 Å². The number of likely N-dealkylation sites (N-methyl/N-ethyl adjacent to an activating group) is 1. The SMILES string of the molecule is CN(Cc1cc(F)cc(F)c1)C(=O)C1(N2CCNCC2)CCc2ccccc21.Cl.Cl. The first-order valence-corrected chi connectivity index (χ1v) is 9.75. The third kappa shape index (κ3) is 4.47. The number of carbonyl (C=O) groups is 1. The summed E-state index contributed by atoms with van der Waals surface area (Å²) in [5.74, 6) is -1.26. The van der Waals surface area contributed by atoms with Crippen molar-refractivity contribution in [2.45, 2.75) is 24.9 Å². The lowest BCUT2D eigenvalue weighted by Crippen LogP contribution is -2.60. The van der Waals surface area contributed by atoms with Crippen molar-refractivity contribution < 1.29 is 13.6 Å². The van der Waals surface area contributed by atoms with Crippen molar-refractivity contribution in [1.29, 1.82) is 0 Å². The molecule has 4 nitrogen and oxygen atoms in total. The average molecular weight is 458 g/mol. The number of aryl methyl sites for hydroxylation is 1. The van der Waals surface area contributed by atoms with Crippen LogP contribution < -0.4 is 5.32 Å². The predicted molar refractivity (Wildman–Crippen MR) is 118 cm³/mol. The molecule has 4 rings (SSSR count). The number of carbonyl (C=O) groups excluding carboxylic acids is 1. The van der Waals surface area contributed by atoms with Gasteiger partial charge in [-0.25, -0.2) is 8.78 Å². The van der Waals surface area contributed by atoms with Crippen LogP contribution in [0.1, 0.15) is 23.1 Å². The van der Waals surface area contributed by atoms with Crippen LogP contribution in [0.4, 0.5) is 8.78 Å². The van der Waals surface area contributed by atoms with E-state index in [1.807, 2.05) is 12.1 Å². The van der Waals surface area contributed by atoms with E-state index in [1.54, 1.807) is 11.9 Å². The zero-order valence-corrected chi connectivity index (χ0v) is 18.5. The van der Waals surface area contributed by atoms with Crippen LogP contribution in [0.5, 0.6) is 0 Å². The minimum atomic E-state index is -0.709. The molecule has 1 atom stereocenters. The van der Waals surface area contributed by atoms with Crippen LogP contribution in [0.2, 0.25) is 0 Å². The minimum absolute atomic E-state index is 0. The highest BCUT2D eigenvalue weighted by atomic mass is 35.5. The molecule has 30 heavy (non-hydrogen) atoms. The van der Waals surface area contributed by atoms with Crippen molar-refractivity contribution in [2.75, 3.05) is 33.2 Å². The maximum Gasteiger partial charge on any atom is 0.247 e. The third-order valence-corrected chi connectivity index (χ3v) is 5.92. The fourth-order valence-corrected chi connectivity index (χ4v) is 4.69. The molecule has 2 aromatic carbocycles. The highest BCUT2D eigenvalue weighted by molar-refractivity contribution is 5.89. The number of amides is 1. The number of benzene rings is 2. The fraction of sp³-hybridized carbons (Fsp3) is 0.409.